The highest BCUT2D eigenvalue weighted by Crippen LogP contribution is 2.35. The first-order valence-corrected chi connectivity index (χ1v) is 4.39. The van der Waals surface area contributed by atoms with Crippen LogP contribution in [-0.2, 0) is 0 Å². The highest BCUT2D eigenvalue weighted by molar-refractivity contribution is 14.3. The summed E-state index contributed by atoms with van der Waals surface area (Å²) < 4.78 is -0.868. The lowest BCUT2D eigenvalue weighted by Crippen LogP contribution is -2.12. The molecule has 3 nitrogen and oxygen atoms in total. The maximum atomic E-state index is 9.80. The molecule has 0 unspecified atom stereocenters. The van der Waals surface area contributed by atoms with Crippen molar-refractivity contribution >= 4 is 67.8 Å². The van der Waals surface area contributed by atoms with Gasteiger partial charge in [-0.25, -0.2) is 0 Å². The van der Waals surface area contributed by atoms with Crippen LogP contribution in [0.5, 0.6) is 0 Å². The van der Waals surface area contributed by atoms with Crippen LogP contribution in [0.25, 0.3) is 0 Å². The van der Waals surface area contributed by atoms with Crippen LogP contribution in [0.15, 0.2) is 0 Å². The lowest BCUT2D eigenvalue weighted by molar-refractivity contribution is -0.465. The molecular weight excluding hydrogens is 439 g/mol. The summed E-state index contributed by atoms with van der Waals surface area (Å²) in [5.41, 5.74) is 0. The van der Waals surface area contributed by atoms with E-state index in [0.29, 0.717) is 0 Å². The van der Waals surface area contributed by atoms with Gasteiger partial charge in [0.1, 0.15) is 0 Å². The van der Waals surface area contributed by atoms with Crippen LogP contribution in [0.3, 0.4) is 0 Å². The van der Waals surface area contributed by atoms with Crippen LogP contribution in [0.2, 0.25) is 0 Å². The molecule has 0 aromatic heterocycles. The molecule has 0 aliphatic heterocycles. The van der Waals surface area contributed by atoms with E-state index in [4.69, 9.17) is 0 Å². The van der Waals surface area contributed by atoms with Crippen molar-refractivity contribution in [3.8, 4) is 0 Å². The summed E-state index contributed by atoms with van der Waals surface area (Å²) >= 11 is 5.22. The molecule has 0 spiro atoms. The Hall–Kier alpha value is 1.59. The van der Waals surface area contributed by atoms with Gasteiger partial charge in [0.2, 0.25) is 0 Å². The zero-order valence-electron chi connectivity index (χ0n) is 2.90. The topological polar surface area (TPSA) is 43.1 Å². The summed E-state index contributed by atoms with van der Waals surface area (Å²) in [6.45, 7) is 0. The zero-order chi connectivity index (χ0) is 6.08. The Morgan fingerprint density at radius 2 is 1.57 bits per heavy atom. The Balaban J connectivity index is 3.79. The fourth-order valence-corrected chi connectivity index (χ4v) is 0. The highest BCUT2D eigenvalue weighted by Gasteiger charge is 2.30. The average Bonchev–Trinajstić information content (AvgIpc) is 1.31. The van der Waals surface area contributed by atoms with E-state index in [0.717, 1.165) is 0 Å². The molecule has 0 heterocycles. The average molecular weight is 439 g/mol. The van der Waals surface area contributed by atoms with Crippen LogP contribution >= 0.6 is 67.8 Å². The summed E-state index contributed by atoms with van der Waals surface area (Å²) in [5, 5.41) is 9.80. The predicted molar refractivity (Wildman–Crippen MR) is 51.8 cm³/mol. The molecule has 0 radical (unpaired) electrons. The first-order chi connectivity index (χ1) is 2.94. The maximum absolute atomic E-state index is 9.80. The van der Waals surface area contributed by atoms with Gasteiger partial charge in [-0.2, -0.15) is 0 Å². The smallest absolute Gasteiger partial charge is 0.262 e. The molecule has 0 atom stereocenters. The molecule has 0 saturated heterocycles. The van der Waals surface area contributed by atoms with Gasteiger partial charge in [-0.05, 0) is 0 Å². The first kappa shape index (κ1) is 8.59. The SMILES string of the molecule is O=[N+]([O-])C(I)(I)I. The van der Waals surface area contributed by atoms with E-state index in [1.807, 2.05) is 0 Å². The molecule has 42 valence electrons. The predicted octanol–water partition coefficient (Wildman–Crippen LogP) is 2.18. The van der Waals surface area contributed by atoms with Crippen molar-refractivity contribution in [3.63, 3.8) is 0 Å². The minimum absolute atomic E-state index is 0.352. The van der Waals surface area contributed by atoms with Gasteiger partial charge in [0, 0.05) is 67.8 Å². The Morgan fingerprint density at radius 3 is 1.57 bits per heavy atom. The Morgan fingerprint density at radius 1 is 1.43 bits per heavy atom. The molecule has 0 rings (SSSR count). The second-order valence-corrected chi connectivity index (χ2v) is 11.6. The summed E-state index contributed by atoms with van der Waals surface area (Å²) in [4.78, 5) is 9.45. The van der Waals surface area contributed by atoms with E-state index in [9.17, 15) is 10.1 Å². The van der Waals surface area contributed by atoms with E-state index >= 15 is 0 Å². The minimum atomic E-state index is -0.868. The lowest BCUT2D eigenvalue weighted by atomic mass is 11.5. The van der Waals surface area contributed by atoms with Crippen molar-refractivity contribution in [3.05, 3.63) is 10.1 Å². The summed E-state index contributed by atoms with van der Waals surface area (Å²) in [6, 6.07) is 0. The molecular formula is CI3NO2. The fraction of sp³-hybridized carbons (Fsp3) is 1.00. The number of nitrogens with zero attached hydrogens (tertiary/aromatic N) is 1. The number of rotatable bonds is 1. The monoisotopic (exact) mass is 439 g/mol. The Kier molecular flexibility index (Phi) is 3.61. The van der Waals surface area contributed by atoms with Gasteiger partial charge in [-0.1, -0.05) is 0 Å². The van der Waals surface area contributed by atoms with Gasteiger partial charge in [0.15, 0.2) is 0 Å². The molecule has 0 aromatic carbocycles. The van der Waals surface area contributed by atoms with Gasteiger partial charge >= 0.3 is -0.441 Å². The van der Waals surface area contributed by atoms with Crippen LogP contribution in [0.1, 0.15) is 0 Å². The maximum Gasteiger partial charge on any atom is 0.362 e. The molecule has 0 saturated carbocycles. The number of alkyl halides is 3. The number of halogens is 3. The Bertz CT molecular complexity index is 85.4. The summed E-state index contributed by atoms with van der Waals surface area (Å²) in [5.74, 6) is 0. The van der Waals surface area contributed by atoms with Gasteiger partial charge < -0.3 is 0 Å². The van der Waals surface area contributed by atoms with Gasteiger partial charge in [0.25, 0.3) is 0 Å². The van der Waals surface area contributed by atoms with Crippen LogP contribution < -0.4 is 0 Å². The van der Waals surface area contributed by atoms with E-state index in [1.165, 1.54) is 0 Å². The second-order valence-electron chi connectivity index (χ2n) is 0.725. The molecule has 6 heteroatoms. The first-order valence-electron chi connectivity index (χ1n) is 1.16. The largest absolute Gasteiger partial charge is 0.362 e. The highest BCUT2D eigenvalue weighted by atomic mass is 127. The Labute approximate surface area is 81.2 Å². The summed E-state index contributed by atoms with van der Waals surface area (Å²) in [7, 11) is 0. The third-order valence-electron chi connectivity index (χ3n) is 0.207. The van der Waals surface area contributed by atoms with Crippen molar-refractivity contribution < 1.29 is 4.92 Å². The van der Waals surface area contributed by atoms with Crippen molar-refractivity contribution in [2.45, 2.75) is -0.441 Å². The minimum Gasteiger partial charge on any atom is -0.262 e. The van der Waals surface area contributed by atoms with Crippen LogP contribution in [0.4, 0.5) is 0 Å². The third-order valence-corrected chi connectivity index (χ3v) is 1.39. The molecule has 0 N–H and O–H groups in total. The summed E-state index contributed by atoms with van der Waals surface area (Å²) in [6.07, 6.45) is 0. The van der Waals surface area contributed by atoms with Crippen LogP contribution in [-0.4, -0.2) is 4.48 Å². The molecule has 0 aromatic rings. The molecule has 0 fully saturated rings. The lowest BCUT2D eigenvalue weighted by Gasteiger charge is -1.98. The van der Waals surface area contributed by atoms with E-state index in [2.05, 4.69) is 0 Å². The number of hydrogen-bond acceptors (Lipinski definition) is 2. The van der Waals surface area contributed by atoms with Crippen molar-refractivity contribution in [1.82, 2.24) is 0 Å². The van der Waals surface area contributed by atoms with E-state index in [1.54, 1.807) is 67.8 Å². The molecule has 0 bridgehead atoms. The van der Waals surface area contributed by atoms with Crippen molar-refractivity contribution in [1.29, 1.82) is 0 Å². The van der Waals surface area contributed by atoms with E-state index in [-0.39, 0.29) is 4.92 Å². The third kappa shape index (κ3) is 4.12. The van der Waals surface area contributed by atoms with Crippen LogP contribution in [0, 0.1) is 10.1 Å². The van der Waals surface area contributed by atoms with Crippen molar-refractivity contribution in [2.75, 3.05) is 0 Å². The zero-order valence-corrected chi connectivity index (χ0v) is 9.37. The normalized spacial score (nSPS) is 11.3. The molecule has 0 aliphatic carbocycles. The molecule has 0 amide bonds. The quantitative estimate of drug-likeness (QED) is 0.207. The number of hydrogen-bond donors (Lipinski definition) is 0. The standard InChI is InChI=1S/CI3NO2/c2-1(3,4)5(6)7. The second kappa shape index (κ2) is 2.94. The van der Waals surface area contributed by atoms with Gasteiger partial charge in [-0.3, -0.25) is 10.1 Å². The molecule has 0 aliphatic rings. The number of nitro groups is 1. The molecule has 7 heavy (non-hydrogen) atoms. The fourth-order valence-electron chi connectivity index (χ4n) is 0. The van der Waals surface area contributed by atoms with Crippen molar-refractivity contribution in [2.24, 2.45) is 0 Å². The van der Waals surface area contributed by atoms with E-state index < -0.39 is -0.441 Å². The van der Waals surface area contributed by atoms with Gasteiger partial charge in [-0.15, -0.1) is 0 Å². The van der Waals surface area contributed by atoms with Gasteiger partial charge in [0.05, 0.1) is 4.92 Å².